The van der Waals surface area contributed by atoms with Crippen LogP contribution in [0.1, 0.15) is 35.7 Å². The summed E-state index contributed by atoms with van der Waals surface area (Å²) in [5, 5.41) is 2.97. The topological polar surface area (TPSA) is 48.5 Å². The maximum absolute atomic E-state index is 12.2. The van der Waals surface area contributed by atoms with Crippen molar-refractivity contribution >= 4 is 11.7 Å². The van der Waals surface area contributed by atoms with Crippen molar-refractivity contribution in [3.63, 3.8) is 0 Å². The summed E-state index contributed by atoms with van der Waals surface area (Å²) in [7, 11) is 0. The number of hydrogen-bond donors (Lipinski definition) is 1. The summed E-state index contributed by atoms with van der Waals surface area (Å²) in [5.41, 5.74) is 2.04. The molecular weight excluding hydrogens is 324 g/mol. The van der Waals surface area contributed by atoms with E-state index >= 15 is 0 Å². The van der Waals surface area contributed by atoms with Gasteiger partial charge >= 0.3 is 0 Å². The van der Waals surface area contributed by atoms with Gasteiger partial charge in [0.05, 0.1) is 0 Å². The number of carbonyl (C=O) groups excluding carboxylic acids is 1. The predicted octanol–water partition coefficient (Wildman–Crippen LogP) is 2.93. The van der Waals surface area contributed by atoms with Crippen LogP contribution in [0, 0.1) is 0 Å². The van der Waals surface area contributed by atoms with Crippen LogP contribution in [-0.4, -0.2) is 48.5 Å². The summed E-state index contributed by atoms with van der Waals surface area (Å²) in [4.78, 5) is 21.5. The summed E-state index contributed by atoms with van der Waals surface area (Å²) in [6.45, 7) is 7.70. The molecule has 5 nitrogen and oxygen atoms in total. The number of nitrogens with zero attached hydrogens (tertiary/aromatic N) is 3. The van der Waals surface area contributed by atoms with E-state index in [0.717, 1.165) is 57.9 Å². The average molecular weight is 352 g/mol. The molecule has 2 heterocycles. The van der Waals surface area contributed by atoms with Crippen LogP contribution in [0.5, 0.6) is 0 Å². The minimum absolute atomic E-state index is 0.00943. The normalized spacial score (nSPS) is 15.0. The maximum atomic E-state index is 12.2. The molecule has 1 fully saturated rings. The van der Waals surface area contributed by atoms with Gasteiger partial charge in [-0.05, 0) is 24.1 Å². The third-order valence-corrected chi connectivity index (χ3v) is 4.77. The molecule has 26 heavy (non-hydrogen) atoms. The van der Waals surface area contributed by atoms with E-state index in [4.69, 9.17) is 0 Å². The second-order valence-electron chi connectivity index (χ2n) is 6.76. The van der Waals surface area contributed by atoms with Gasteiger partial charge in [-0.2, -0.15) is 0 Å². The molecule has 0 bridgehead atoms. The van der Waals surface area contributed by atoms with Crippen molar-refractivity contribution in [2.75, 3.05) is 37.6 Å². The molecule has 2 aromatic rings. The quantitative estimate of drug-likeness (QED) is 0.779. The van der Waals surface area contributed by atoms with Crippen LogP contribution in [0.15, 0.2) is 48.7 Å². The Hall–Kier alpha value is -2.40. The fourth-order valence-corrected chi connectivity index (χ4v) is 3.19. The first kappa shape index (κ1) is 18.4. The second-order valence-corrected chi connectivity index (χ2v) is 6.76. The first-order valence-electron chi connectivity index (χ1n) is 9.51. The van der Waals surface area contributed by atoms with Crippen molar-refractivity contribution in [2.24, 2.45) is 0 Å². The fourth-order valence-electron chi connectivity index (χ4n) is 3.19. The molecule has 1 aromatic carbocycles. The number of aromatic nitrogens is 1. The van der Waals surface area contributed by atoms with E-state index in [1.807, 2.05) is 6.07 Å². The van der Waals surface area contributed by atoms with Crippen LogP contribution in [0.25, 0.3) is 0 Å². The van der Waals surface area contributed by atoms with Crippen LogP contribution < -0.4 is 10.2 Å². The first-order valence-corrected chi connectivity index (χ1v) is 9.51. The van der Waals surface area contributed by atoms with Gasteiger partial charge in [0, 0.05) is 51.0 Å². The zero-order valence-electron chi connectivity index (χ0n) is 15.5. The lowest BCUT2D eigenvalue weighted by molar-refractivity contribution is 0.0953. The second kappa shape index (κ2) is 9.34. The molecule has 0 atom stereocenters. The Morgan fingerprint density at radius 2 is 1.88 bits per heavy atom. The van der Waals surface area contributed by atoms with Crippen LogP contribution in [0.3, 0.4) is 0 Å². The van der Waals surface area contributed by atoms with E-state index in [1.54, 1.807) is 12.3 Å². The number of benzene rings is 1. The van der Waals surface area contributed by atoms with E-state index in [2.05, 4.69) is 57.4 Å². The maximum Gasteiger partial charge on any atom is 0.251 e. The van der Waals surface area contributed by atoms with E-state index in [1.165, 1.54) is 5.56 Å². The van der Waals surface area contributed by atoms with E-state index in [0.29, 0.717) is 5.56 Å². The summed E-state index contributed by atoms with van der Waals surface area (Å²) >= 11 is 0. The minimum Gasteiger partial charge on any atom is -0.354 e. The Balaban J connectivity index is 1.54. The Morgan fingerprint density at radius 3 is 2.62 bits per heavy atom. The standard InChI is InChI=1S/C21H28N4O/c1-2-3-10-23-21(26)19-9-11-22-20(16-19)25-14-12-24(13-15-25)17-18-7-5-4-6-8-18/h4-9,11,16H,2-3,10,12-15,17H2,1H3,(H,23,26). The third-order valence-electron chi connectivity index (χ3n) is 4.77. The monoisotopic (exact) mass is 352 g/mol. The molecule has 1 aliphatic heterocycles. The van der Waals surface area contributed by atoms with Gasteiger partial charge in [0.2, 0.25) is 0 Å². The van der Waals surface area contributed by atoms with Gasteiger partial charge in [-0.15, -0.1) is 0 Å². The lowest BCUT2D eigenvalue weighted by atomic mass is 10.2. The molecule has 1 N–H and O–H groups in total. The fraction of sp³-hybridized carbons (Fsp3) is 0.429. The van der Waals surface area contributed by atoms with E-state index in [-0.39, 0.29) is 5.91 Å². The Bertz CT molecular complexity index is 696. The third kappa shape index (κ3) is 5.05. The lowest BCUT2D eigenvalue weighted by Gasteiger charge is -2.35. The number of carbonyl (C=O) groups is 1. The van der Waals surface area contributed by atoms with E-state index < -0.39 is 0 Å². The molecule has 1 saturated heterocycles. The summed E-state index contributed by atoms with van der Waals surface area (Å²) in [5.74, 6) is 0.886. The highest BCUT2D eigenvalue weighted by atomic mass is 16.1. The SMILES string of the molecule is CCCCNC(=O)c1ccnc(N2CCN(Cc3ccccc3)CC2)c1. The zero-order chi connectivity index (χ0) is 18.2. The summed E-state index contributed by atoms with van der Waals surface area (Å²) in [6, 6.07) is 14.3. The Kier molecular flexibility index (Phi) is 6.61. The highest BCUT2D eigenvalue weighted by Gasteiger charge is 2.19. The molecular formula is C21H28N4O. The number of rotatable bonds is 7. The molecule has 1 aromatic heterocycles. The van der Waals surface area contributed by atoms with Crippen LogP contribution in [0.2, 0.25) is 0 Å². The van der Waals surface area contributed by atoms with Crippen molar-refractivity contribution < 1.29 is 4.79 Å². The molecule has 5 heteroatoms. The molecule has 138 valence electrons. The van der Waals surface area contributed by atoms with Crippen LogP contribution in [-0.2, 0) is 6.54 Å². The Morgan fingerprint density at radius 1 is 1.12 bits per heavy atom. The highest BCUT2D eigenvalue weighted by molar-refractivity contribution is 5.94. The van der Waals surface area contributed by atoms with Gasteiger partial charge in [0.1, 0.15) is 5.82 Å². The number of hydrogen-bond acceptors (Lipinski definition) is 4. The average Bonchev–Trinajstić information content (AvgIpc) is 2.69. The molecule has 1 amide bonds. The highest BCUT2D eigenvalue weighted by Crippen LogP contribution is 2.16. The van der Waals surface area contributed by atoms with Crippen molar-refractivity contribution in [3.8, 4) is 0 Å². The Labute approximate surface area is 156 Å². The van der Waals surface area contributed by atoms with Gasteiger partial charge in [-0.25, -0.2) is 4.98 Å². The molecule has 0 unspecified atom stereocenters. The summed E-state index contributed by atoms with van der Waals surface area (Å²) in [6.07, 6.45) is 3.82. The largest absolute Gasteiger partial charge is 0.354 e. The number of piperazine rings is 1. The lowest BCUT2D eigenvalue weighted by Crippen LogP contribution is -2.46. The number of amides is 1. The molecule has 1 aliphatic rings. The number of pyridine rings is 1. The van der Waals surface area contributed by atoms with Crippen molar-refractivity contribution in [3.05, 3.63) is 59.8 Å². The minimum atomic E-state index is -0.00943. The first-order chi connectivity index (χ1) is 12.8. The van der Waals surface area contributed by atoms with Crippen LogP contribution in [0.4, 0.5) is 5.82 Å². The number of unbranched alkanes of at least 4 members (excludes halogenated alkanes) is 1. The molecule has 0 radical (unpaired) electrons. The van der Waals surface area contributed by atoms with Crippen molar-refractivity contribution in [1.29, 1.82) is 0 Å². The van der Waals surface area contributed by atoms with Gasteiger partial charge < -0.3 is 10.2 Å². The van der Waals surface area contributed by atoms with Crippen molar-refractivity contribution in [1.82, 2.24) is 15.2 Å². The number of nitrogens with one attached hydrogen (secondary N) is 1. The molecule has 3 rings (SSSR count). The van der Waals surface area contributed by atoms with Gasteiger partial charge in [-0.3, -0.25) is 9.69 Å². The van der Waals surface area contributed by atoms with Crippen molar-refractivity contribution in [2.45, 2.75) is 26.3 Å². The molecule has 0 saturated carbocycles. The predicted molar refractivity (Wildman–Crippen MR) is 105 cm³/mol. The number of anilines is 1. The van der Waals surface area contributed by atoms with Gasteiger partial charge in [-0.1, -0.05) is 43.7 Å². The zero-order valence-corrected chi connectivity index (χ0v) is 15.5. The summed E-state index contributed by atoms with van der Waals surface area (Å²) < 4.78 is 0. The molecule has 0 aliphatic carbocycles. The smallest absolute Gasteiger partial charge is 0.251 e. The molecule has 0 spiro atoms. The van der Waals surface area contributed by atoms with E-state index in [9.17, 15) is 4.79 Å². The van der Waals surface area contributed by atoms with Crippen LogP contribution >= 0.6 is 0 Å². The van der Waals surface area contributed by atoms with Gasteiger partial charge in [0.15, 0.2) is 0 Å². The van der Waals surface area contributed by atoms with Gasteiger partial charge in [0.25, 0.3) is 5.91 Å².